The maximum absolute atomic E-state index is 13.1. The lowest BCUT2D eigenvalue weighted by Gasteiger charge is -2.14. The van der Waals surface area contributed by atoms with Crippen molar-refractivity contribution in [1.29, 1.82) is 5.26 Å². The van der Waals surface area contributed by atoms with Crippen molar-refractivity contribution in [3.8, 4) is 6.07 Å². The summed E-state index contributed by atoms with van der Waals surface area (Å²) >= 11 is 0. The molecule has 0 atom stereocenters. The molecule has 0 aliphatic carbocycles. The Morgan fingerprint density at radius 1 is 1.44 bits per heavy atom. The Bertz CT molecular complexity index is 565. The topological polar surface area (TPSA) is 64.4 Å². The molecule has 1 heterocycles. The minimum atomic E-state index is -0.503. The van der Waals surface area contributed by atoms with Gasteiger partial charge in [0, 0.05) is 7.05 Å². The number of likely N-dealkylation sites (N-methyl/N-ethyl adjacent to an activating group) is 1. The third-order valence-corrected chi connectivity index (χ3v) is 2.75. The van der Waals surface area contributed by atoms with Crippen molar-refractivity contribution in [3.63, 3.8) is 0 Å². The zero-order chi connectivity index (χ0) is 13.3. The van der Waals surface area contributed by atoms with E-state index in [9.17, 15) is 14.0 Å². The number of urea groups is 1. The van der Waals surface area contributed by atoms with E-state index in [0.717, 1.165) is 11.0 Å². The first-order valence-corrected chi connectivity index (χ1v) is 5.27. The van der Waals surface area contributed by atoms with Crippen LogP contribution in [-0.2, 0) is 11.3 Å². The van der Waals surface area contributed by atoms with Crippen LogP contribution in [0.3, 0.4) is 0 Å². The second kappa shape index (κ2) is 4.45. The number of imide groups is 1. The Kier molecular flexibility index (Phi) is 2.98. The number of rotatable bonds is 2. The maximum Gasteiger partial charge on any atom is 0.327 e. The van der Waals surface area contributed by atoms with Gasteiger partial charge in [-0.1, -0.05) is 0 Å². The number of halogens is 1. The van der Waals surface area contributed by atoms with Crippen LogP contribution in [0.1, 0.15) is 11.1 Å². The highest BCUT2D eigenvalue weighted by Crippen LogP contribution is 2.17. The predicted molar refractivity (Wildman–Crippen MR) is 59.7 cm³/mol. The van der Waals surface area contributed by atoms with Crippen molar-refractivity contribution in [2.45, 2.75) is 6.54 Å². The number of hydrogen-bond donors (Lipinski definition) is 0. The third kappa shape index (κ3) is 2.02. The van der Waals surface area contributed by atoms with Crippen LogP contribution in [0, 0.1) is 17.1 Å². The zero-order valence-electron chi connectivity index (χ0n) is 9.68. The largest absolute Gasteiger partial charge is 0.327 e. The SMILES string of the molecule is CN1CC(=O)N(Cc2cc(F)ccc2C#N)C1=O. The molecule has 0 spiro atoms. The molecule has 0 saturated carbocycles. The van der Waals surface area contributed by atoms with Gasteiger partial charge >= 0.3 is 6.03 Å². The van der Waals surface area contributed by atoms with Crippen molar-refractivity contribution in [1.82, 2.24) is 9.80 Å². The van der Waals surface area contributed by atoms with E-state index < -0.39 is 11.8 Å². The molecule has 1 aliphatic rings. The lowest BCUT2D eigenvalue weighted by Crippen LogP contribution is -2.31. The summed E-state index contributed by atoms with van der Waals surface area (Å²) in [4.78, 5) is 25.5. The minimum absolute atomic E-state index is 0.00996. The number of carbonyl (C=O) groups excluding carboxylic acids is 2. The minimum Gasteiger partial charge on any atom is -0.318 e. The smallest absolute Gasteiger partial charge is 0.318 e. The van der Waals surface area contributed by atoms with Crippen LogP contribution >= 0.6 is 0 Å². The Morgan fingerprint density at radius 2 is 2.17 bits per heavy atom. The highest BCUT2D eigenvalue weighted by atomic mass is 19.1. The van der Waals surface area contributed by atoms with Gasteiger partial charge in [0.25, 0.3) is 5.91 Å². The van der Waals surface area contributed by atoms with Gasteiger partial charge in [-0.15, -0.1) is 0 Å². The van der Waals surface area contributed by atoms with E-state index in [0.29, 0.717) is 5.56 Å². The van der Waals surface area contributed by atoms with E-state index in [2.05, 4.69) is 0 Å². The molecule has 3 amide bonds. The van der Waals surface area contributed by atoms with Crippen LogP contribution < -0.4 is 0 Å². The van der Waals surface area contributed by atoms with Crippen LogP contribution in [-0.4, -0.2) is 35.3 Å². The summed E-state index contributed by atoms with van der Waals surface area (Å²) in [6, 6.07) is 5.14. The summed E-state index contributed by atoms with van der Waals surface area (Å²) in [6.45, 7) is -0.0707. The molecule has 1 aliphatic heterocycles. The average molecular weight is 247 g/mol. The Balaban J connectivity index is 2.30. The summed E-state index contributed by atoms with van der Waals surface area (Å²) in [6.07, 6.45) is 0. The number of hydrogen-bond acceptors (Lipinski definition) is 3. The van der Waals surface area contributed by atoms with E-state index in [1.54, 1.807) is 0 Å². The van der Waals surface area contributed by atoms with Crippen molar-refractivity contribution in [2.24, 2.45) is 0 Å². The second-order valence-electron chi connectivity index (χ2n) is 4.03. The average Bonchev–Trinajstić information content (AvgIpc) is 2.56. The molecule has 6 heteroatoms. The highest BCUT2D eigenvalue weighted by Gasteiger charge is 2.33. The summed E-state index contributed by atoms with van der Waals surface area (Å²) in [7, 11) is 1.51. The molecule has 1 fully saturated rings. The molecule has 0 bridgehead atoms. The third-order valence-electron chi connectivity index (χ3n) is 2.75. The van der Waals surface area contributed by atoms with Crippen LogP contribution in [0.4, 0.5) is 9.18 Å². The van der Waals surface area contributed by atoms with Gasteiger partial charge in [0.2, 0.25) is 0 Å². The van der Waals surface area contributed by atoms with Crippen molar-refractivity contribution in [2.75, 3.05) is 13.6 Å². The molecule has 0 radical (unpaired) electrons. The predicted octanol–water partition coefficient (Wildman–Crippen LogP) is 1.09. The molecule has 1 saturated heterocycles. The van der Waals surface area contributed by atoms with Gasteiger partial charge in [-0.05, 0) is 23.8 Å². The number of amides is 3. The van der Waals surface area contributed by atoms with Crippen molar-refractivity contribution in [3.05, 3.63) is 35.1 Å². The van der Waals surface area contributed by atoms with Gasteiger partial charge in [0.1, 0.15) is 12.4 Å². The first-order chi connectivity index (χ1) is 8.52. The lowest BCUT2D eigenvalue weighted by molar-refractivity contribution is -0.125. The van der Waals surface area contributed by atoms with E-state index >= 15 is 0 Å². The molecule has 0 aromatic heterocycles. The summed E-state index contributed by atoms with van der Waals surface area (Å²) in [5, 5.41) is 8.90. The van der Waals surface area contributed by atoms with E-state index in [-0.39, 0.29) is 24.6 Å². The van der Waals surface area contributed by atoms with Gasteiger partial charge in [0.15, 0.2) is 0 Å². The summed E-state index contributed by atoms with van der Waals surface area (Å²) in [5.41, 5.74) is 0.584. The standard InChI is InChI=1S/C12H10FN3O2/c1-15-7-11(17)16(12(15)18)6-9-4-10(13)3-2-8(9)5-14/h2-4H,6-7H2,1H3. The van der Waals surface area contributed by atoms with Gasteiger partial charge in [-0.2, -0.15) is 5.26 Å². The van der Waals surface area contributed by atoms with Gasteiger partial charge < -0.3 is 4.90 Å². The Hall–Kier alpha value is -2.42. The number of benzene rings is 1. The van der Waals surface area contributed by atoms with Gasteiger partial charge in [-0.3, -0.25) is 9.69 Å². The number of nitrogens with zero attached hydrogens (tertiary/aromatic N) is 3. The molecule has 5 nitrogen and oxygen atoms in total. The Morgan fingerprint density at radius 3 is 2.72 bits per heavy atom. The van der Waals surface area contributed by atoms with Crippen LogP contribution in [0.25, 0.3) is 0 Å². The summed E-state index contributed by atoms with van der Waals surface area (Å²) < 4.78 is 13.1. The molecule has 18 heavy (non-hydrogen) atoms. The van der Waals surface area contributed by atoms with Crippen molar-refractivity contribution < 1.29 is 14.0 Å². The summed E-state index contributed by atoms with van der Waals surface area (Å²) in [5.74, 6) is -0.855. The monoisotopic (exact) mass is 247 g/mol. The number of carbonyl (C=O) groups is 2. The van der Waals surface area contributed by atoms with E-state index in [1.165, 1.54) is 24.1 Å². The molecular weight excluding hydrogens is 237 g/mol. The van der Waals surface area contributed by atoms with Crippen LogP contribution in [0.2, 0.25) is 0 Å². The van der Waals surface area contributed by atoms with Crippen LogP contribution in [0.15, 0.2) is 18.2 Å². The Labute approximate surface area is 103 Å². The van der Waals surface area contributed by atoms with Gasteiger partial charge in [0.05, 0.1) is 18.2 Å². The molecule has 0 unspecified atom stereocenters. The molecular formula is C12H10FN3O2. The van der Waals surface area contributed by atoms with Crippen molar-refractivity contribution >= 4 is 11.9 Å². The zero-order valence-corrected chi connectivity index (χ0v) is 9.68. The normalized spacial score (nSPS) is 15.2. The molecule has 92 valence electrons. The maximum atomic E-state index is 13.1. The molecule has 2 rings (SSSR count). The second-order valence-corrected chi connectivity index (χ2v) is 4.03. The highest BCUT2D eigenvalue weighted by molar-refractivity contribution is 6.01. The lowest BCUT2D eigenvalue weighted by atomic mass is 10.1. The molecule has 1 aromatic rings. The number of nitriles is 1. The van der Waals surface area contributed by atoms with E-state index in [4.69, 9.17) is 5.26 Å². The fourth-order valence-corrected chi connectivity index (χ4v) is 1.80. The molecule has 0 N–H and O–H groups in total. The quantitative estimate of drug-likeness (QED) is 0.735. The fraction of sp³-hybridized carbons (Fsp3) is 0.250. The fourth-order valence-electron chi connectivity index (χ4n) is 1.80. The van der Waals surface area contributed by atoms with E-state index in [1.807, 2.05) is 6.07 Å². The molecule has 1 aromatic carbocycles. The van der Waals surface area contributed by atoms with Crippen LogP contribution in [0.5, 0.6) is 0 Å². The van der Waals surface area contributed by atoms with Gasteiger partial charge in [-0.25, -0.2) is 9.18 Å². The first kappa shape index (κ1) is 12.0. The first-order valence-electron chi connectivity index (χ1n) is 5.27.